The van der Waals surface area contributed by atoms with Crippen LogP contribution in [0.1, 0.15) is 19.3 Å². The van der Waals surface area contributed by atoms with Crippen LogP contribution in [0.2, 0.25) is 5.02 Å². The summed E-state index contributed by atoms with van der Waals surface area (Å²) in [4.78, 5) is 14.2. The van der Waals surface area contributed by atoms with Crippen molar-refractivity contribution in [1.29, 1.82) is 0 Å². The Balaban J connectivity index is 1.53. The van der Waals surface area contributed by atoms with Crippen molar-refractivity contribution >= 4 is 27.5 Å². The van der Waals surface area contributed by atoms with Crippen LogP contribution in [0.25, 0.3) is 0 Å². The number of morpholine rings is 1. The van der Waals surface area contributed by atoms with Crippen LogP contribution in [-0.2, 0) is 19.6 Å². The molecule has 0 saturated carbocycles. The van der Waals surface area contributed by atoms with E-state index in [4.69, 9.17) is 16.3 Å². The van der Waals surface area contributed by atoms with E-state index >= 15 is 0 Å². The number of nitrogens with zero attached hydrogens (tertiary/aromatic N) is 1. The summed E-state index contributed by atoms with van der Waals surface area (Å²) in [6.07, 6.45) is 2.11. The van der Waals surface area contributed by atoms with Crippen molar-refractivity contribution in [1.82, 2.24) is 9.62 Å². The molecule has 2 heterocycles. The maximum absolute atomic E-state index is 12.9. The summed E-state index contributed by atoms with van der Waals surface area (Å²) in [6, 6.07) is 5.43. The predicted molar refractivity (Wildman–Crippen MR) is 102 cm³/mol. The van der Waals surface area contributed by atoms with Crippen LogP contribution >= 0.6 is 11.6 Å². The number of halogens is 1. The van der Waals surface area contributed by atoms with Crippen molar-refractivity contribution < 1.29 is 22.8 Å². The van der Waals surface area contributed by atoms with Gasteiger partial charge >= 0.3 is 0 Å². The van der Waals surface area contributed by atoms with Crippen LogP contribution < -0.4 is 10.2 Å². The summed E-state index contributed by atoms with van der Waals surface area (Å²) < 4.78 is 32.4. The molecule has 2 aliphatic heterocycles. The quantitative estimate of drug-likeness (QED) is 0.609. The second-order valence-electron chi connectivity index (χ2n) is 6.98. The Kier molecular flexibility index (Phi) is 7.10. The standard InChI is InChI=1S/C18H26ClN3O4S/c19-15-4-6-16(7-5-15)27(24,25)22-10-1-3-17(22)18(23)20-8-2-9-21-11-13-26-14-12-21/h4-7,17H,1-3,8-14H2,(H,20,23)/p+1/t17-/m0/s1. The average Bonchev–Trinajstić information content (AvgIpc) is 3.17. The Labute approximate surface area is 165 Å². The number of hydrogen-bond donors (Lipinski definition) is 2. The number of quaternary nitrogens is 1. The molecule has 0 aliphatic carbocycles. The number of benzene rings is 1. The number of sulfonamides is 1. The molecule has 2 fully saturated rings. The first-order chi connectivity index (χ1) is 13.0. The van der Waals surface area contributed by atoms with Gasteiger partial charge in [-0.2, -0.15) is 4.31 Å². The molecule has 1 amide bonds. The molecular formula is C18H27ClN3O4S+. The zero-order valence-electron chi connectivity index (χ0n) is 15.3. The van der Waals surface area contributed by atoms with E-state index in [9.17, 15) is 13.2 Å². The third kappa shape index (κ3) is 5.20. The Morgan fingerprint density at radius 2 is 1.96 bits per heavy atom. The van der Waals surface area contributed by atoms with E-state index in [1.54, 1.807) is 12.1 Å². The highest BCUT2D eigenvalue weighted by atomic mass is 35.5. The molecule has 1 aromatic rings. The highest BCUT2D eigenvalue weighted by Gasteiger charge is 2.39. The summed E-state index contributed by atoms with van der Waals surface area (Å²) in [5.74, 6) is -0.206. The maximum Gasteiger partial charge on any atom is 0.243 e. The highest BCUT2D eigenvalue weighted by molar-refractivity contribution is 7.89. The summed E-state index contributed by atoms with van der Waals surface area (Å²) >= 11 is 5.85. The minimum atomic E-state index is -3.70. The molecule has 0 radical (unpaired) electrons. The molecule has 2 aliphatic rings. The first-order valence-corrected chi connectivity index (χ1v) is 11.3. The fourth-order valence-electron chi connectivity index (χ4n) is 3.61. The zero-order valence-corrected chi connectivity index (χ0v) is 16.9. The van der Waals surface area contributed by atoms with Crippen molar-refractivity contribution in [2.45, 2.75) is 30.2 Å². The van der Waals surface area contributed by atoms with Gasteiger partial charge in [0.15, 0.2) is 0 Å². The topological polar surface area (TPSA) is 80.2 Å². The van der Waals surface area contributed by atoms with Gasteiger partial charge in [-0.15, -0.1) is 0 Å². The number of nitrogens with one attached hydrogen (secondary N) is 2. The first-order valence-electron chi connectivity index (χ1n) is 9.45. The van der Waals surface area contributed by atoms with Crippen molar-refractivity contribution in [2.75, 3.05) is 45.9 Å². The monoisotopic (exact) mass is 416 g/mol. The van der Waals surface area contributed by atoms with Crippen LogP contribution in [0.5, 0.6) is 0 Å². The van der Waals surface area contributed by atoms with Crippen LogP contribution in [0.15, 0.2) is 29.2 Å². The molecular weight excluding hydrogens is 390 g/mol. The Bertz CT molecular complexity index is 735. The molecule has 3 rings (SSSR count). The van der Waals surface area contributed by atoms with E-state index in [1.807, 2.05) is 0 Å². The van der Waals surface area contributed by atoms with Gasteiger partial charge in [-0.3, -0.25) is 4.79 Å². The third-order valence-electron chi connectivity index (χ3n) is 5.13. The van der Waals surface area contributed by atoms with Crippen molar-refractivity contribution in [3.05, 3.63) is 29.3 Å². The van der Waals surface area contributed by atoms with Gasteiger partial charge in [0.1, 0.15) is 19.1 Å². The maximum atomic E-state index is 12.9. The van der Waals surface area contributed by atoms with Crippen molar-refractivity contribution in [3.63, 3.8) is 0 Å². The summed E-state index contributed by atoms with van der Waals surface area (Å²) in [6.45, 7) is 5.51. The number of ether oxygens (including phenoxy) is 1. The smallest absolute Gasteiger partial charge is 0.243 e. The van der Waals surface area contributed by atoms with Crippen molar-refractivity contribution in [2.24, 2.45) is 0 Å². The van der Waals surface area contributed by atoms with E-state index < -0.39 is 16.1 Å². The largest absolute Gasteiger partial charge is 0.370 e. The number of carbonyl (C=O) groups excluding carboxylic acids is 1. The first kappa shape index (κ1) is 20.5. The van der Waals surface area contributed by atoms with Gasteiger partial charge < -0.3 is 15.0 Å². The summed E-state index contributed by atoms with van der Waals surface area (Å²) in [5, 5.41) is 3.39. The Morgan fingerprint density at radius 3 is 2.67 bits per heavy atom. The molecule has 0 spiro atoms. The second kappa shape index (κ2) is 9.34. The van der Waals surface area contributed by atoms with E-state index in [2.05, 4.69) is 5.32 Å². The lowest BCUT2D eigenvalue weighted by Gasteiger charge is -2.25. The van der Waals surface area contributed by atoms with E-state index in [1.165, 1.54) is 21.3 Å². The molecule has 0 aromatic heterocycles. The molecule has 7 nitrogen and oxygen atoms in total. The van der Waals surface area contributed by atoms with Gasteiger partial charge in [0.25, 0.3) is 0 Å². The van der Waals surface area contributed by atoms with Gasteiger partial charge in [0.2, 0.25) is 15.9 Å². The molecule has 1 atom stereocenters. The number of carbonyl (C=O) groups is 1. The number of hydrogen-bond acceptors (Lipinski definition) is 4. The zero-order chi connectivity index (χ0) is 19.3. The third-order valence-corrected chi connectivity index (χ3v) is 7.31. The molecule has 1 aromatic carbocycles. The summed E-state index contributed by atoms with van der Waals surface area (Å²) in [7, 11) is -3.70. The Morgan fingerprint density at radius 1 is 1.26 bits per heavy atom. The van der Waals surface area contributed by atoms with E-state index in [0.29, 0.717) is 31.0 Å². The fraction of sp³-hybridized carbons (Fsp3) is 0.611. The SMILES string of the molecule is O=C(NCCC[NH+]1CCOCC1)[C@@H]1CCCN1S(=O)(=O)c1ccc(Cl)cc1. The highest BCUT2D eigenvalue weighted by Crippen LogP contribution is 2.26. The predicted octanol–water partition coefficient (Wildman–Crippen LogP) is -0.0855. The van der Waals surface area contributed by atoms with Gasteiger partial charge in [-0.05, 0) is 37.1 Å². The van der Waals surface area contributed by atoms with Gasteiger partial charge in [0.05, 0.1) is 24.7 Å². The van der Waals surface area contributed by atoms with E-state index in [0.717, 1.165) is 39.3 Å². The average molecular weight is 417 g/mol. The molecule has 2 N–H and O–H groups in total. The normalized spacial score (nSPS) is 22.0. The van der Waals surface area contributed by atoms with Crippen LogP contribution in [-0.4, -0.2) is 70.6 Å². The molecule has 0 bridgehead atoms. The number of amides is 1. The molecule has 2 saturated heterocycles. The van der Waals surface area contributed by atoms with Gasteiger partial charge in [-0.25, -0.2) is 8.42 Å². The van der Waals surface area contributed by atoms with Crippen molar-refractivity contribution in [3.8, 4) is 0 Å². The van der Waals surface area contributed by atoms with Crippen LogP contribution in [0.4, 0.5) is 0 Å². The van der Waals surface area contributed by atoms with Gasteiger partial charge in [0, 0.05) is 24.5 Å². The lowest BCUT2D eigenvalue weighted by atomic mass is 10.2. The molecule has 27 heavy (non-hydrogen) atoms. The second-order valence-corrected chi connectivity index (χ2v) is 9.31. The van der Waals surface area contributed by atoms with Crippen LogP contribution in [0, 0.1) is 0 Å². The minimum absolute atomic E-state index is 0.169. The lowest BCUT2D eigenvalue weighted by molar-refractivity contribution is -0.908. The van der Waals surface area contributed by atoms with Gasteiger partial charge in [-0.1, -0.05) is 11.6 Å². The molecule has 0 unspecified atom stereocenters. The molecule has 9 heteroatoms. The Hall–Kier alpha value is -1.19. The molecule has 150 valence electrons. The van der Waals surface area contributed by atoms with Crippen LogP contribution in [0.3, 0.4) is 0 Å². The minimum Gasteiger partial charge on any atom is -0.370 e. The number of rotatable bonds is 7. The summed E-state index contributed by atoms with van der Waals surface area (Å²) in [5.41, 5.74) is 0. The lowest BCUT2D eigenvalue weighted by Crippen LogP contribution is -3.14. The fourth-order valence-corrected chi connectivity index (χ4v) is 5.39. The van der Waals surface area contributed by atoms with E-state index in [-0.39, 0.29) is 10.8 Å².